The van der Waals surface area contributed by atoms with Crippen LogP contribution in [0.2, 0.25) is 5.02 Å². The van der Waals surface area contributed by atoms with E-state index in [1.54, 1.807) is 0 Å². The Kier molecular flexibility index (Phi) is 5.61. The number of carbonyl (C=O) groups is 1. The molecule has 0 aliphatic rings. The fourth-order valence-electron chi connectivity index (χ4n) is 1.38. The summed E-state index contributed by atoms with van der Waals surface area (Å²) in [5.74, 6) is -1.21. The lowest BCUT2D eigenvalue weighted by Gasteiger charge is -2.13. The van der Waals surface area contributed by atoms with Crippen molar-refractivity contribution in [1.29, 1.82) is 0 Å². The first-order valence-electron chi connectivity index (χ1n) is 5.69. The number of methoxy groups -OCH3 is 1. The summed E-state index contributed by atoms with van der Waals surface area (Å²) in [6, 6.07) is 2.34. The van der Waals surface area contributed by atoms with E-state index in [9.17, 15) is 13.2 Å². The molecule has 0 bridgehead atoms. The van der Waals surface area contributed by atoms with E-state index >= 15 is 0 Å². The van der Waals surface area contributed by atoms with Crippen molar-refractivity contribution in [3.05, 3.63) is 22.7 Å². The quantitative estimate of drug-likeness (QED) is 0.708. The molecule has 0 atom stereocenters. The third kappa shape index (κ3) is 4.26. The van der Waals surface area contributed by atoms with Gasteiger partial charge in [-0.3, -0.25) is 4.72 Å². The number of rotatable bonds is 7. The number of carboxylic acids is 1. The molecule has 0 aromatic heterocycles. The zero-order chi connectivity index (χ0) is 15.3. The number of ether oxygens (including phenoxy) is 1. The summed E-state index contributed by atoms with van der Waals surface area (Å²) in [7, 11) is -2.48. The molecule has 1 aromatic rings. The second kappa shape index (κ2) is 6.78. The molecule has 0 saturated carbocycles. The van der Waals surface area contributed by atoms with Crippen LogP contribution in [0.3, 0.4) is 0 Å². The minimum atomic E-state index is -3.76. The van der Waals surface area contributed by atoms with Crippen LogP contribution in [-0.4, -0.2) is 33.1 Å². The van der Waals surface area contributed by atoms with Crippen molar-refractivity contribution in [2.75, 3.05) is 18.4 Å². The van der Waals surface area contributed by atoms with E-state index in [1.807, 2.05) is 6.92 Å². The molecular weight excluding hydrogens is 308 g/mol. The molecule has 0 aliphatic carbocycles. The molecule has 0 heterocycles. The van der Waals surface area contributed by atoms with Crippen molar-refractivity contribution in [1.82, 2.24) is 4.72 Å². The van der Waals surface area contributed by atoms with Crippen LogP contribution in [0.1, 0.15) is 23.7 Å². The van der Waals surface area contributed by atoms with E-state index in [0.717, 1.165) is 6.07 Å². The van der Waals surface area contributed by atoms with Gasteiger partial charge in [0.05, 0.1) is 17.8 Å². The van der Waals surface area contributed by atoms with Gasteiger partial charge in [0.1, 0.15) is 11.3 Å². The third-order valence-corrected chi connectivity index (χ3v) is 3.69. The van der Waals surface area contributed by atoms with E-state index in [-0.39, 0.29) is 28.6 Å². The minimum absolute atomic E-state index is 0.00934. The van der Waals surface area contributed by atoms with Crippen molar-refractivity contribution in [2.24, 2.45) is 0 Å². The summed E-state index contributed by atoms with van der Waals surface area (Å²) in [6.45, 7) is 2.09. The molecule has 112 valence electrons. The second-order valence-electron chi connectivity index (χ2n) is 3.84. The molecular formula is C11H15ClN2O5S. The van der Waals surface area contributed by atoms with Crippen LogP contribution < -0.4 is 14.2 Å². The number of nitrogens with one attached hydrogen (secondary N) is 2. The summed E-state index contributed by atoms with van der Waals surface area (Å²) in [5.41, 5.74) is -0.112. The highest BCUT2D eigenvalue weighted by molar-refractivity contribution is 7.90. The molecule has 7 nitrogen and oxygen atoms in total. The zero-order valence-corrected chi connectivity index (χ0v) is 12.5. The molecule has 1 aromatic carbocycles. The Balaban J connectivity index is 3.11. The lowest BCUT2D eigenvalue weighted by Crippen LogP contribution is -2.30. The lowest BCUT2D eigenvalue weighted by molar-refractivity contribution is 0.0693. The summed E-state index contributed by atoms with van der Waals surface area (Å²) in [6.07, 6.45) is 0.635. The van der Waals surface area contributed by atoms with Gasteiger partial charge in [-0.15, -0.1) is 0 Å². The van der Waals surface area contributed by atoms with Gasteiger partial charge in [0.15, 0.2) is 0 Å². The van der Waals surface area contributed by atoms with Gasteiger partial charge in [0.25, 0.3) is 10.2 Å². The van der Waals surface area contributed by atoms with Gasteiger partial charge in [-0.2, -0.15) is 13.1 Å². The summed E-state index contributed by atoms with van der Waals surface area (Å²) in [5, 5.41) is 8.93. The number of anilines is 1. The Morgan fingerprint density at radius 1 is 1.45 bits per heavy atom. The van der Waals surface area contributed by atoms with Crippen molar-refractivity contribution < 1.29 is 23.1 Å². The molecule has 0 radical (unpaired) electrons. The Labute approximate surface area is 122 Å². The van der Waals surface area contributed by atoms with Crippen molar-refractivity contribution in [2.45, 2.75) is 13.3 Å². The topological polar surface area (TPSA) is 105 Å². The maximum absolute atomic E-state index is 11.7. The monoisotopic (exact) mass is 322 g/mol. The molecule has 0 fully saturated rings. The van der Waals surface area contributed by atoms with Crippen molar-refractivity contribution in [3.8, 4) is 5.75 Å². The predicted molar refractivity (Wildman–Crippen MR) is 75.8 cm³/mol. The summed E-state index contributed by atoms with van der Waals surface area (Å²) < 4.78 is 32.8. The van der Waals surface area contributed by atoms with Crippen LogP contribution in [0.5, 0.6) is 5.75 Å². The Morgan fingerprint density at radius 3 is 2.60 bits per heavy atom. The maximum atomic E-state index is 11.7. The highest BCUT2D eigenvalue weighted by Crippen LogP contribution is 2.31. The standard InChI is InChI=1S/C11H15ClN2O5S/c1-3-4-13-20(17,18)14-9-6-10(19-2)7(11(15)16)5-8(9)12/h5-6,13-14H,3-4H2,1-2H3,(H,15,16). The first-order valence-corrected chi connectivity index (χ1v) is 7.55. The van der Waals surface area contributed by atoms with Gasteiger partial charge in [0.2, 0.25) is 0 Å². The largest absolute Gasteiger partial charge is 0.496 e. The van der Waals surface area contributed by atoms with Crippen LogP contribution in [0, 0.1) is 0 Å². The zero-order valence-electron chi connectivity index (χ0n) is 10.9. The molecule has 1 rings (SSSR count). The van der Waals surface area contributed by atoms with E-state index < -0.39 is 16.2 Å². The lowest BCUT2D eigenvalue weighted by atomic mass is 10.2. The average Bonchev–Trinajstić information content (AvgIpc) is 2.38. The molecule has 0 unspecified atom stereocenters. The fourth-order valence-corrected chi connectivity index (χ4v) is 2.66. The van der Waals surface area contributed by atoms with Crippen LogP contribution in [-0.2, 0) is 10.2 Å². The number of aromatic carboxylic acids is 1. The van der Waals surface area contributed by atoms with Gasteiger partial charge in [0, 0.05) is 12.6 Å². The Bertz CT molecular complexity index is 603. The highest BCUT2D eigenvalue weighted by Gasteiger charge is 2.18. The Hall–Kier alpha value is -1.51. The van der Waals surface area contributed by atoms with Crippen molar-refractivity contribution >= 4 is 33.5 Å². The van der Waals surface area contributed by atoms with Gasteiger partial charge in [-0.05, 0) is 12.5 Å². The smallest absolute Gasteiger partial charge is 0.339 e. The first kappa shape index (κ1) is 16.5. The SMILES string of the molecule is CCCNS(=O)(=O)Nc1cc(OC)c(C(=O)O)cc1Cl. The minimum Gasteiger partial charge on any atom is -0.496 e. The molecule has 9 heteroatoms. The molecule has 0 saturated heterocycles. The van der Waals surface area contributed by atoms with Crippen LogP contribution in [0.15, 0.2) is 12.1 Å². The van der Waals surface area contributed by atoms with Crippen LogP contribution in [0.25, 0.3) is 0 Å². The second-order valence-corrected chi connectivity index (χ2v) is 5.74. The van der Waals surface area contributed by atoms with Crippen LogP contribution in [0.4, 0.5) is 5.69 Å². The van der Waals surface area contributed by atoms with E-state index in [2.05, 4.69) is 9.44 Å². The number of hydrogen-bond acceptors (Lipinski definition) is 4. The van der Waals surface area contributed by atoms with Crippen LogP contribution >= 0.6 is 11.6 Å². The average molecular weight is 323 g/mol. The molecule has 3 N–H and O–H groups in total. The maximum Gasteiger partial charge on any atom is 0.339 e. The van der Waals surface area contributed by atoms with E-state index in [1.165, 1.54) is 13.2 Å². The summed E-state index contributed by atoms with van der Waals surface area (Å²) >= 11 is 5.87. The van der Waals surface area contributed by atoms with Crippen molar-refractivity contribution in [3.63, 3.8) is 0 Å². The van der Waals surface area contributed by atoms with E-state index in [0.29, 0.717) is 6.42 Å². The number of halogens is 1. The Morgan fingerprint density at radius 2 is 2.10 bits per heavy atom. The fraction of sp³-hybridized carbons (Fsp3) is 0.364. The molecule has 20 heavy (non-hydrogen) atoms. The van der Waals surface area contributed by atoms with Gasteiger partial charge >= 0.3 is 5.97 Å². The van der Waals surface area contributed by atoms with E-state index in [4.69, 9.17) is 21.4 Å². The highest BCUT2D eigenvalue weighted by atomic mass is 35.5. The molecule has 0 aliphatic heterocycles. The normalized spacial score (nSPS) is 11.2. The number of carboxylic acid groups (broad SMARTS) is 1. The number of hydrogen-bond donors (Lipinski definition) is 3. The molecule has 0 amide bonds. The summed E-state index contributed by atoms with van der Waals surface area (Å²) in [4.78, 5) is 11.0. The third-order valence-electron chi connectivity index (χ3n) is 2.31. The molecule has 0 spiro atoms. The number of benzene rings is 1. The first-order chi connectivity index (χ1) is 9.30. The van der Waals surface area contributed by atoms with Gasteiger partial charge in [-0.1, -0.05) is 18.5 Å². The predicted octanol–water partition coefficient (Wildman–Crippen LogP) is 1.70. The van der Waals surface area contributed by atoms with Gasteiger partial charge < -0.3 is 9.84 Å². The van der Waals surface area contributed by atoms with Gasteiger partial charge in [-0.25, -0.2) is 4.79 Å².